The summed E-state index contributed by atoms with van der Waals surface area (Å²) in [7, 11) is 0. The predicted octanol–water partition coefficient (Wildman–Crippen LogP) is 2.32. The van der Waals surface area contributed by atoms with Gasteiger partial charge in [-0.25, -0.2) is 0 Å². The lowest BCUT2D eigenvalue weighted by Gasteiger charge is -1.99. The maximum absolute atomic E-state index is 11.7. The van der Waals surface area contributed by atoms with Gasteiger partial charge in [-0.1, -0.05) is 32.0 Å². The number of rotatable bonds is 4. The van der Waals surface area contributed by atoms with Crippen LogP contribution in [0.15, 0.2) is 30.3 Å². The van der Waals surface area contributed by atoms with Crippen molar-refractivity contribution in [3.8, 4) is 0 Å². The standard InChI is InChI=1S/C12H14N2O/c1-9(2)8-11(15)12(14-13)10-6-4-3-5-7-10/h3-7,9H,8H2,1-2H3. The lowest BCUT2D eigenvalue weighted by molar-refractivity contribution is -0.117. The average Bonchev–Trinajstić information content (AvgIpc) is 2.19. The maximum atomic E-state index is 11.7. The maximum Gasteiger partial charge on any atom is 0.364 e. The number of carbonyl (C=O) groups excluding carboxylic acids is 1. The molecule has 0 bridgehead atoms. The number of Topliss-reactive ketones (excluding diaryl/α,β-unsaturated/α-hetero) is 1. The number of carbonyl (C=O) groups is 1. The predicted molar refractivity (Wildman–Crippen MR) is 58.6 cm³/mol. The van der Waals surface area contributed by atoms with E-state index in [1.54, 1.807) is 12.1 Å². The molecule has 0 saturated heterocycles. The van der Waals surface area contributed by atoms with Crippen molar-refractivity contribution in [2.75, 3.05) is 0 Å². The van der Waals surface area contributed by atoms with E-state index in [1.807, 2.05) is 32.0 Å². The lowest BCUT2D eigenvalue weighted by atomic mass is 9.99. The summed E-state index contributed by atoms with van der Waals surface area (Å²) in [5.74, 6) is 0.136. The molecule has 0 unspecified atom stereocenters. The molecular formula is C12H14N2O. The summed E-state index contributed by atoms with van der Waals surface area (Å²) >= 11 is 0. The zero-order chi connectivity index (χ0) is 11.3. The minimum atomic E-state index is -0.126. The molecule has 0 heterocycles. The molecule has 1 aromatic carbocycles. The molecule has 0 spiro atoms. The van der Waals surface area contributed by atoms with Gasteiger partial charge in [-0.3, -0.25) is 4.79 Å². The number of ketones is 1. The van der Waals surface area contributed by atoms with Crippen molar-refractivity contribution in [2.24, 2.45) is 5.92 Å². The highest BCUT2D eigenvalue weighted by molar-refractivity contribution is 6.43. The minimum absolute atomic E-state index is 0.126. The van der Waals surface area contributed by atoms with E-state index in [-0.39, 0.29) is 17.4 Å². The molecule has 0 amide bonds. The third kappa shape index (κ3) is 3.15. The van der Waals surface area contributed by atoms with Crippen LogP contribution in [-0.4, -0.2) is 16.3 Å². The van der Waals surface area contributed by atoms with Gasteiger partial charge in [0, 0.05) is 6.42 Å². The van der Waals surface area contributed by atoms with Crippen LogP contribution in [0.2, 0.25) is 0 Å². The summed E-state index contributed by atoms with van der Waals surface area (Å²) in [6.45, 7) is 3.91. The van der Waals surface area contributed by atoms with Crippen LogP contribution in [0.1, 0.15) is 25.8 Å². The monoisotopic (exact) mass is 202 g/mol. The van der Waals surface area contributed by atoms with Gasteiger partial charge in [0.05, 0.1) is 5.56 Å². The first kappa shape index (κ1) is 11.3. The van der Waals surface area contributed by atoms with Crippen molar-refractivity contribution < 1.29 is 9.58 Å². The molecule has 1 aromatic rings. The van der Waals surface area contributed by atoms with Crippen LogP contribution in [0, 0.1) is 5.92 Å². The summed E-state index contributed by atoms with van der Waals surface area (Å²) in [5, 5.41) is 0. The van der Waals surface area contributed by atoms with E-state index < -0.39 is 0 Å². The van der Waals surface area contributed by atoms with Gasteiger partial charge in [0.1, 0.15) is 0 Å². The van der Waals surface area contributed by atoms with Crippen molar-refractivity contribution in [3.05, 3.63) is 41.4 Å². The molecule has 0 aromatic heterocycles. The third-order valence-corrected chi connectivity index (χ3v) is 2.00. The van der Waals surface area contributed by atoms with Gasteiger partial charge in [-0.15, -0.1) is 0 Å². The first-order chi connectivity index (χ1) is 7.15. The second-order valence-electron chi connectivity index (χ2n) is 3.84. The Morgan fingerprint density at radius 2 is 1.93 bits per heavy atom. The molecule has 0 aliphatic heterocycles. The van der Waals surface area contributed by atoms with Crippen molar-refractivity contribution in [3.63, 3.8) is 0 Å². The van der Waals surface area contributed by atoms with Crippen LogP contribution in [0.25, 0.3) is 5.53 Å². The van der Waals surface area contributed by atoms with Crippen LogP contribution in [-0.2, 0) is 4.79 Å². The molecule has 0 aliphatic carbocycles. The fourth-order valence-electron chi connectivity index (χ4n) is 1.34. The molecule has 0 aliphatic rings. The number of hydrogen-bond donors (Lipinski definition) is 0. The van der Waals surface area contributed by atoms with Crippen LogP contribution in [0.4, 0.5) is 0 Å². The Hall–Kier alpha value is -1.73. The van der Waals surface area contributed by atoms with Gasteiger partial charge in [-0.05, 0) is 18.1 Å². The third-order valence-electron chi connectivity index (χ3n) is 2.00. The van der Waals surface area contributed by atoms with Gasteiger partial charge in [0.25, 0.3) is 0 Å². The van der Waals surface area contributed by atoms with Crippen molar-refractivity contribution >= 4 is 11.5 Å². The molecule has 0 saturated carbocycles. The molecule has 0 radical (unpaired) electrons. The summed E-state index contributed by atoms with van der Waals surface area (Å²) in [4.78, 5) is 14.8. The Morgan fingerprint density at radius 3 is 2.40 bits per heavy atom. The Kier molecular flexibility index (Phi) is 3.95. The van der Waals surface area contributed by atoms with Crippen molar-refractivity contribution in [1.82, 2.24) is 0 Å². The molecule has 0 N–H and O–H groups in total. The second-order valence-corrected chi connectivity index (χ2v) is 3.84. The number of benzene rings is 1. The van der Waals surface area contributed by atoms with E-state index in [4.69, 9.17) is 5.53 Å². The summed E-state index contributed by atoms with van der Waals surface area (Å²) < 4.78 is 0. The number of hydrogen-bond acceptors (Lipinski definition) is 1. The highest BCUT2D eigenvalue weighted by atomic mass is 16.1. The van der Waals surface area contributed by atoms with Gasteiger partial charge in [0.2, 0.25) is 5.78 Å². The van der Waals surface area contributed by atoms with Gasteiger partial charge in [0.15, 0.2) is 0 Å². The Labute approximate surface area is 89.4 Å². The fraction of sp³-hybridized carbons (Fsp3) is 0.333. The highest BCUT2D eigenvalue weighted by Crippen LogP contribution is 2.06. The van der Waals surface area contributed by atoms with E-state index in [2.05, 4.69) is 4.79 Å². The zero-order valence-corrected chi connectivity index (χ0v) is 8.97. The molecule has 0 fully saturated rings. The lowest BCUT2D eigenvalue weighted by Crippen LogP contribution is -2.18. The minimum Gasteiger partial charge on any atom is -0.361 e. The van der Waals surface area contributed by atoms with Crippen LogP contribution in [0.5, 0.6) is 0 Å². The molecular weight excluding hydrogens is 188 g/mol. The van der Waals surface area contributed by atoms with Crippen LogP contribution >= 0.6 is 0 Å². The highest BCUT2D eigenvalue weighted by Gasteiger charge is 2.22. The van der Waals surface area contributed by atoms with E-state index in [1.165, 1.54) is 0 Å². The van der Waals surface area contributed by atoms with E-state index in [0.29, 0.717) is 12.0 Å². The van der Waals surface area contributed by atoms with Crippen LogP contribution in [0.3, 0.4) is 0 Å². The number of nitrogens with zero attached hydrogens (tertiary/aromatic N) is 2. The Morgan fingerprint density at radius 1 is 1.33 bits per heavy atom. The van der Waals surface area contributed by atoms with Crippen molar-refractivity contribution in [1.29, 1.82) is 0 Å². The summed E-state index contributed by atoms with van der Waals surface area (Å²) in [6.07, 6.45) is 0.397. The second kappa shape index (κ2) is 5.23. The quantitative estimate of drug-likeness (QED) is 0.420. The first-order valence-corrected chi connectivity index (χ1v) is 4.95. The summed E-state index contributed by atoms with van der Waals surface area (Å²) in [6, 6.07) is 8.98. The van der Waals surface area contributed by atoms with Gasteiger partial charge >= 0.3 is 5.71 Å². The van der Waals surface area contributed by atoms with E-state index >= 15 is 0 Å². The zero-order valence-electron chi connectivity index (χ0n) is 8.97. The molecule has 3 heteroatoms. The van der Waals surface area contributed by atoms with Crippen molar-refractivity contribution in [2.45, 2.75) is 20.3 Å². The van der Waals surface area contributed by atoms with Gasteiger partial charge < -0.3 is 5.53 Å². The van der Waals surface area contributed by atoms with E-state index in [0.717, 1.165) is 0 Å². The normalized spacial score (nSPS) is 9.80. The van der Waals surface area contributed by atoms with Gasteiger partial charge in [-0.2, -0.15) is 4.79 Å². The molecule has 78 valence electrons. The van der Waals surface area contributed by atoms with E-state index in [9.17, 15) is 4.79 Å². The topological polar surface area (TPSA) is 53.5 Å². The molecule has 3 nitrogen and oxygen atoms in total. The average molecular weight is 202 g/mol. The molecule has 0 atom stereocenters. The largest absolute Gasteiger partial charge is 0.364 e. The first-order valence-electron chi connectivity index (χ1n) is 4.95. The molecule has 15 heavy (non-hydrogen) atoms. The Bertz CT molecular complexity index is 389. The fourth-order valence-corrected chi connectivity index (χ4v) is 1.34. The smallest absolute Gasteiger partial charge is 0.361 e. The summed E-state index contributed by atoms with van der Waals surface area (Å²) in [5.41, 5.74) is 9.63. The SMILES string of the molecule is CC(C)CC(=O)C(=[N+]=[N-])c1ccccc1. The van der Waals surface area contributed by atoms with Crippen LogP contribution < -0.4 is 0 Å². The molecule has 1 rings (SSSR count). The Balaban J connectivity index is 2.92.